The summed E-state index contributed by atoms with van der Waals surface area (Å²) in [6.45, 7) is 8.72. The average molecular weight is 267 g/mol. The van der Waals surface area contributed by atoms with Crippen molar-refractivity contribution in [1.82, 2.24) is 4.90 Å². The van der Waals surface area contributed by atoms with Crippen molar-refractivity contribution < 1.29 is 14.7 Å². The summed E-state index contributed by atoms with van der Waals surface area (Å²) in [5, 5.41) is 9.49. The molecule has 0 bridgehead atoms. The molecule has 19 heavy (non-hydrogen) atoms. The summed E-state index contributed by atoms with van der Waals surface area (Å²) in [6.07, 6.45) is 4.27. The van der Waals surface area contributed by atoms with Gasteiger partial charge in [0, 0.05) is 19.5 Å². The van der Waals surface area contributed by atoms with E-state index in [0.717, 1.165) is 24.8 Å². The number of carboxylic acid groups (broad SMARTS) is 1. The lowest BCUT2D eigenvalue weighted by Crippen LogP contribution is -2.41. The van der Waals surface area contributed by atoms with Gasteiger partial charge in [0.05, 0.1) is 5.41 Å². The standard InChI is InChI=1S/C15H25NO3/c1-4-16(11-12(2)3)13(17)10-15(14(18)19)8-6-5-7-9-15/h2,4-11H2,1,3H3,(H,18,19). The first kappa shape index (κ1) is 15.7. The number of likely N-dealkylation sites (N-methyl/N-ethyl adjacent to an activating group) is 1. The highest BCUT2D eigenvalue weighted by atomic mass is 16.4. The molecule has 0 atom stereocenters. The van der Waals surface area contributed by atoms with Gasteiger partial charge in [-0.25, -0.2) is 0 Å². The van der Waals surface area contributed by atoms with Gasteiger partial charge in [-0.15, -0.1) is 0 Å². The molecule has 0 aromatic rings. The zero-order valence-corrected chi connectivity index (χ0v) is 12.1. The number of hydrogen-bond acceptors (Lipinski definition) is 2. The highest BCUT2D eigenvalue weighted by Crippen LogP contribution is 2.40. The van der Waals surface area contributed by atoms with E-state index in [-0.39, 0.29) is 12.3 Å². The van der Waals surface area contributed by atoms with Crippen LogP contribution in [0.15, 0.2) is 12.2 Å². The second-order valence-electron chi connectivity index (χ2n) is 5.69. The van der Waals surface area contributed by atoms with Gasteiger partial charge in [-0.1, -0.05) is 31.4 Å². The zero-order valence-electron chi connectivity index (χ0n) is 12.1. The summed E-state index contributed by atoms with van der Waals surface area (Å²) < 4.78 is 0. The molecule has 1 rings (SSSR count). The molecule has 0 aromatic carbocycles. The number of rotatable bonds is 6. The van der Waals surface area contributed by atoms with Crippen LogP contribution in [0.25, 0.3) is 0 Å². The zero-order chi connectivity index (χ0) is 14.5. The van der Waals surface area contributed by atoms with Crippen LogP contribution in [0.5, 0.6) is 0 Å². The van der Waals surface area contributed by atoms with Gasteiger partial charge < -0.3 is 10.0 Å². The molecule has 1 N–H and O–H groups in total. The molecule has 0 aromatic heterocycles. The van der Waals surface area contributed by atoms with Crippen molar-refractivity contribution in [1.29, 1.82) is 0 Å². The largest absolute Gasteiger partial charge is 0.481 e. The van der Waals surface area contributed by atoms with Crippen molar-refractivity contribution in [2.24, 2.45) is 5.41 Å². The highest BCUT2D eigenvalue weighted by Gasteiger charge is 2.42. The minimum atomic E-state index is -0.835. The molecule has 1 aliphatic carbocycles. The van der Waals surface area contributed by atoms with Crippen LogP contribution in [0.1, 0.15) is 52.4 Å². The van der Waals surface area contributed by atoms with E-state index < -0.39 is 11.4 Å². The summed E-state index contributed by atoms with van der Waals surface area (Å²) in [5.41, 5.74) is 0.0842. The topological polar surface area (TPSA) is 57.6 Å². The van der Waals surface area contributed by atoms with Crippen LogP contribution in [0.2, 0.25) is 0 Å². The van der Waals surface area contributed by atoms with Crippen LogP contribution in [-0.4, -0.2) is 35.0 Å². The molecule has 4 heteroatoms. The third-order valence-electron chi connectivity index (χ3n) is 3.95. The summed E-state index contributed by atoms with van der Waals surface area (Å²) in [5.74, 6) is -0.873. The van der Waals surface area contributed by atoms with E-state index in [9.17, 15) is 14.7 Å². The van der Waals surface area contributed by atoms with E-state index in [2.05, 4.69) is 6.58 Å². The van der Waals surface area contributed by atoms with Gasteiger partial charge in [0.1, 0.15) is 0 Å². The Morgan fingerprint density at radius 2 is 1.84 bits per heavy atom. The van der Waals surface area contributed by atoms with Crippen LogP contribution in [0.4, 0.5) is 0 Å². The Labute approximate surface area is 115 Å². The minimum Gasteiger partial charge on any atom is -0.481 e. The fraction of sp³-hybridized carbons (Fsp3) is 0.733. The first-order valence-corrected chi connectivity index (χ1v) is 7.07. The fourth-order valence-electron chi connectivity index (χ4n) is 2.80. The number of carboxylic acids is 1. The van der Waals surface area contributed by atoms with Gasteiger partial charge in [-0.3, -0.25) is 9.59 Å². The van der Waals surface area contributed by atoms with Crippen molar-refractivity contribution in [3.8, 4) is 0 Å². The lowest BCUT2D eigenvalue weighted by atomic mass is 9.71. The van der Waals surface area contributed by atoms with E-state index in [1.54, 1.807) is 4.90 Å². The third kappa shape index (κ3) is 4.08. The van der Waals surface area contributed by atoms with Gasteiger partial charge in [-0.05, 0) is 26.7 Å². The van der Waals surface area contributed by atoms with Crippen molar-refractivity contribution in [2.45, 2.75) is 52.4 Å². The van der Waals surface area contributed by atoms with Crippen molar-refractivity contribution in [3.63, 3.8) is 0 Å². The van der Waals surface area contributed by atoms with E-state index in [1.807, 2.05) is 13.8 Å². The third-order valence-corrected chi connectivity index (χ3v) is 3.95. The van der Waals surface area contributed by atoms with E-state index >= 15 is 0 Å². The highest BCUT2D eigenvalue weighted by molar-refractivity contribution is 5.85. The summed E-state index contributed by atoms with van der Waals surface area (Å²) >= 11 is 0. The molecule has 1 amide bonds. The normalized spacial score (nSPS) is 17.8. The molecule has 1 aliphatic rings. The Kier molecular flexibility index (Phi) is 5.58. The maximum absolute atomic E-state index is 12.3. The van der Waals surface area contributed by atoms with Crippen LogP contribution >= 0.6 is 0 Å². The van der Waals surface area contributed by atoms with Crippen molar-refractivity contribution in [2.75, 3.05) is 13.1 Å². The SMILES string of the molecule is C=C(C)CN(CC)C(=O)CC1(C(=O)O)CCCCC1. The lowest BCUT2D eigenvalue weighted by Gasteiger charge is -2.34. The first-order chi connectivity index (χ1) is 8.91. The molecule has 0 aliphatic heterocycles. The molecule has 0 unspecified atom stereocenters. The van der Waals surface area contributed by atoms with Gasteiger partial charge in [0.15, 0.2) is 0 Å². The van der Waals surface area contributed by atoms with Gasteiger partial charge in [-0.2, -0.15) is 0 Å². The first-order valence-electron chi connectivity index (χ1n) is 7.07. The Balaban J connectivity index is 2.75. The maximum atomic E-state index is 12.3. The van der Waals surface area contributed by atoms with Gasteiger partial charge >= 0.3 is 5.97 Å². The summed E-state index contributed by atoms with van der Waals surface area (Å²) in [7, 11) is 0. The van der Waals surface area contributed by atoms with Crippen molar-refractivity contribution in [3.05, 3.63) is 12.2 Å². The van der Waals surface area contributed by atoms with E-state index in [4.69, 9.17) is 0 Å². The lowest BCUT2D eigenvalue weighted by molar-refractivity contribution is -0.155. The molecule has 0 saturated heterocycles. The second-order valence-corrected chi connectivity index (χ2v) is 5.69. The Bertz CT molecular complexity index is 356. The monoisotopic (exact) mass is 267 g/mol. The van der Waals surface area contributed by atoms with Crippen LogP contribution in [-0.2, 0) is 9.59 Å². The number of carbonyl (C=O) groups is 2. The molecular weight excluding hydrogens is 242 g/mol. The Morgan fingerprint density at radius 1 is 1.26 bits per heavy atom. The second kappa shape index (κ2) is 6.73. The summed E-state index contributed by atoms with van der Waals surface area (Å²) in [6, 6.07) is 0. The number of aliphatic carboxylic acids is 1. The van der Waals surface area contributed by atoms with Gasteiger partial charge in [0.25, 0.3) is 0 Å². The predicted molar refractivity (Wildman–Crippen MR) is 74.8 cm³/mol. The van der Waals surface area contributed by atoms with Crippen LogP contribution in [0.3, 0.4) is 0 Å². The molecule has 1 saturated carbocycles. The minimum absolute atomic E-state index is 0.0604. The molecule has 0 radical (unpaired) electrons. The number of hydrogen-bond donors (Lipinski definition) is 1. The molecule has 0 heterocycles. The number of carbonyl (C=O) groups excluding carboxylic acids is 1. The molecule has 0 spiro atoms. The van der Waals surface area contributed by atoms with Crippen LogP contribution < -0.4 is 0 Å². The predicted octanol–water partition coefficient (Wildman–Crippen LogP) is 2.84. The van der Waals surface area contributed by atoms with Crippen molar-refractivity contribution >= 4 is 11.9 Å². The Hall–Kier alpha value is -1.32. The van der Waals surface area contributed by atoms with Gasteiger partial charge in [0.2, 0.25) is 5.91 Å². The smallest absolute Gasteiger partial charge is 0.310 e. The average Bonchev–Trinajstić information content (AvgIpc) is 2.36. The summed E-state index contributed by atoms with van der Waals surface area (Å²) in [4.78, 5) is 25.6. The molecule has 108 valence electrons. The molecular formula is C15H25NO3. The maximum Gasteiger partial charge on any atom is 0.310 e. The van der Waals surface area contributed by atoms with Crippen LogP contribution in [0, 0.1) is 5.41 Å². The van der Waals surface area contributed by atoms with E-state index in [0.29, 0.717) is 25.9 Å². The Morgan fingerprint density at radius 3 is 2.26 bits per heavy atom. The fourth-order valence-corrected chi connectivity index (χ4v) is 2.80. The van der Waals surface area contributed by atoms with E-state index in [1.165, 1.54) is 0 Å². The number of nitrogens with zero attached hydrogens (tertiary/aromatic N) is 1. The molecule has 1 fully saturated rings. The molecule has 4 nitrogen and oxygen atoms in total. The quantitative estimate of drug-likeness (QED) is 0.753. The number of amides is 1.